The van der Waals surface area contributed by atoms with Crippen LogP contribution in [0.15, 0.2) is 48.5 Å². The molecule has 100 valence electrons. The molecule has 0 aromatic heterocycles. The molecule has 1 unspecified atom stereocenters. The van der Waals surface area contributed by atoms with Gasteiger partial charge in [0.2, 0.25) is 0 Å². The number of methoxy groups -OCH3 is 2. The van der Waals surface area contributed by atoms with Gasteiger partial charge in [0.15, 0.2) is 11.5 Å². The summed E-state index contributed by atoms with van der Waals surface area (Å²) in [5.74, 6) is 2.08. The first-order valence-corrected chi connectivity index (χ1v) is 6.51. The number of hydrogen-bond donors (Lipinski definition) is 0. The van der Waals surface area contributed by atoms with Crippen molar-refractivity contribution < 1.29 is 9.47 Å². The van der Waals surface area contributed by atoms with E-state index in [0.29, 0.717) is 5.92 Å². The average molecular weight is 256 g/mol. The molecule has 0 amide bonds. The monoisotopic (exact) mass is 256 g/mol. The Bertz CT molecular complexity index is 520. The van der Waals surface area contributed by atoms with Gasteiger partial charge in [0.05, 0.1) is 14.2 Å². The van der Waals surface area contributed by atoms with Crippen molar-refractivity contribution in [3.05, 3.63) is 59.7 Å². The lowest BCUT2D eigenvalue weighted by atomic mass is 9.93. The minimum absolute atomic E-state index is 0.446. The topological polar surface area (TPSA) is 18.5 Å². The van der Waals surface area contributed by atoms with E-state index in [-0.39, 0.29) is 0 Å². The fourth-order valence-electron chi connectivity index (χ4n) is 2.34. The summed E-state index contributed by atoms with van der Waals surface area (Å²) in [6.45, 7) is 2.23. The van der Waals surface area contributed by atoms with Gasteiger partial charge in [-0.1, -0.05) is 49.4 Å². The van der Waals surface area contributed by atoms with Crippen molar-refractivity contribution in [3.8, 4) is 11.5 Å². The third-order valence-electron chi connectivity index (χ3n) is 3.38. The standard InChI is InChI=1S/C17H20O2/c1-13(14-8-5-4-6-9-14)12-15-10-7-11-16(18-2)17(15)19-3/h4-11,13H,12H2,1-3H3. The SMILES string of the molecule is COc1cccc(CC(C)c2ccccc2)c1OC. The van der Waals surface area contributed by atoms with E-state index in [4.69, 9.17) is 9.47 Å². The van der Waals surface area contributed by atoms with Crippen molar-refractivity contribution in [1.29, 1.82) is 0 Å². The molecule has 2 heteroatoms. The molecule has 1 atom stereocenters. The van der Waals surface area contributed by atoms with Gasteiger partial charge in [-0.15, -0.1) is 0 Å². The van der Waals surface area contributed by atoms with Gasteiger partial charge in [-0.3, -0.25) is 0 Å². The maximum atomic E-state index is 5.48. The highest BCUT2D eigenvalue weighted by Crippen LogP contribution is 2.33. The van der Waals surface area contributed by atoms with E-state index in [1.165, 1.54) is 11.1 Å². The molecule has 0 radical (unpaired) electrons. The van der Waals surface area contributed by atoms with Gasteiger partial charge in [-0.05, 0) is 29.5 Å². The molecule has 0 saturated heterocycles. The van der Waals surface area contributed by atoms with E-state index in [2.05, 4.69) is 37.3 Å². The molecule has 0 fully saturated rings. The molecule has 0 aliphatic heterocycles. The summed E-state index contributed by atoms with van der Waals surface area (Å²) in [6.07, 6.45) is 0.935. The van der Waals surface area contributed by atoms with E-state index in [1.54, 1.807) is 14.2 Å². The minimum atomic E-state index is 0.446. The van der Waals surface area contributed by atoms with Gasteiger partial charge in [-0.2, -0.15) is 0 Å². The predicted molar refractivity (Wildman–Crippen MR) is 78.1 cm³/mol. The van der Waals surface area contributed by atoms with Crippen LogP contribution in [0.2, 0.25) is 0 Å². The summed E-state index contributed by atoms with van der Waals surface area (Å²) < 4.78 is 10.8. The van der Waals surface area contributed by atoms with Gasteiger partial charge in [0.25, 0.3) is 0 Å². The summed E-state index contributed by atoms with van der Waals surface area (Å²) >= 11 is 0. The molecule has 19 heavy (non-hydrogen) atoms. The van der Waals surface area contributed by atoms with Gasteiger partial charge in [-0.25, -0.2) is 0 Å². The molecule has 0 aliphatic rings. The molecule has 2 aromatic rings. The number of hydrogen-bond acceptors (Lipinski definition) is 2. The van der Waals surface area contributed by atoms with Gasteiger partial charge in [0, 0.05) is 0 Å². The highest BCUT2D eigenvalue weighted by molar-refractivity contribution is 5.47. The summed E-state index contributed by atoms with van der Waals surface area (Å²) in [7, 11) is 3.36. The molecule has 0 N–H and O–H groups in total. The van der Waals surface area contributed by atoms with Crippen LogP contribution in [0.3, 0.4) is 0 Å². The van der Waals surface area contributed by atoms with Crippen molar-refractivity contribution in [1.82, 2.24) is 0 Å². The molecule has 0 spiro atoms. The van der Waals surface area contributed by atoms with Crippen molar-refractivity contribution in [2.45, 2.75) is 19.3 Å². The van der Waals surface area contributed by atoms with Gasteiger partial charge >= 0.3 is 0 Å². The zero-order valence-electron chi connectivity index (χ0n) is 11.7. The second kappa shape index (κ2) is 6.28. The van der Waals surface area contributed by atoms with E-state index < -0.39 is 0 Å². The number of rotatable bonds is 5. The largest absolute Gasteiger partial charge is 0.493 e. The molecular formula is C17H20O2. The molecule has 2 rings (SSSR count). The maximum absolute atomic E-state index is 5.48. The van der Waals surface area contributed by atoms with E-state index in [0.717, 1.165) is 17.9 Å². The van der Waals surface area contributed by atoms with Crippen LogP contribution in [0.4, 0.5) is 0 Å². The second-order valence-corrected chi connectivity index (χ2v) is 4.67. The zero-order chi connectivity index (χ0) is 13.7. The molecule has 0 aliphatic carbocycles. The summed E-state index contributed by atoms with van der Waals surface area (Å²) in [4.78, 5) is 0. The smallest absolute Gasteiger partial charge is 0.163 e. The quantitative estimate of drug-likeness (QED) is 0.803. The lowest BCUT2D eigenvalue weighted by Gasteiger charge is -2.16. The Morgan fingerprint density at radius 3 is 2.26 bits per heavy atom. The lowest BCUT2D eigenvalue weighted by molar-refractivity contribution is 0.351. The van der Waals surface area contributed by atoms with Crippen molar-refractivity contribution >= 4 is 0 Å². The van der Waals surface area contributed by atoms with Crippen molar-refractivity contribution in [3.63, 3.8) is 0 Å². The van der Waals surface area contributed by atoms with Crippen molar-refractivity contribution in [2.24, 2.45) is 0 Å². The first-order valence-electron chi connectivity index (χ1n) is 6.51. The molecule has 0 heterocycles. The van der Waals surface area contributed by atoms with Crippen molar-refractivity contribution in [2.75, 3.05) is 14.2 Å². The number of benzene rings is 2. The summed E-state index contributed by atoms with van der Waals surface area (Å²) in [6, 6.07) is 16.6. The van der Waals surface area contributed by atoms with Crippen LogP contribution in [0.1, 0.15) is 24.0 Å². The minimum Gasteiger partial charge on any atom is -0.493 e. The second-order valence-electron chi connectivity index (χ2n) is 4.67. The molecule has 2 nitrogen and oxygen atoms in total. The first-order chi connectivity index (χ1) is 9.26. The molecule has 2 aromatic carbocycles. The first kappa shape index (κ1) is 13.5. The Morgan fingerprint density at radius 2 is 1.63 bits per heavy atom. The Labute approximate surface area is 115 Å². The normalized spacial score (nSPS) is 11.9. The van der Waals surface area contributed by atoms with Crippen LogP contribution in [0, 0.1) is 0 Å². The summed E-state index contributed by atoms with van der Waals surface area (Å²) in [5.41, 5.74) is 2.52. The third kappa shape index (κ3) is 3.08. The van der Waals surface area contributed by atoms with Crippen LogP contribution in [-0.4, -0.2) is 14.2 Å². The Kier molecular flexibility index (Phi) is 4.45. The fraction of sp³-hybridized carbons (Fsp3) is 0.294. The van der Waals surface area contributed by atoms with Crippen LogP contribution in [0.25, 0.3) is 0 Å². The lowest BCUT2D eigenvalue weighted by Crippen LogP contribution is -2.01. The number of ether oxygens (including phenoxy) is 2. The zero-order valence-corrected chi connectivity index (χ0v) is 11.7. The Hall–Kier alpha value is -1.96. The highest BCUT2D eigenvalue weighted by atomic mass is 16.5. The predicted octanol–water partition coefficient (Wildman–Crippen LogP) is 4.05. The average Bonchev–Trinajstić information content (AvgIpc) is 2.47. The van der Waals surface area contributed by atoms with Crippen LogP contribution >= 0.6 is 0 Å². The van der Waals surface area contributed by atoms with E-state index in [9.17, 15) is 0 Å². The number of para-hydroxylation sites is 1. The molecule has 0 bridgehead atoms. The fourth-order valence-corrected chi connectivity index (χ4v) is 2.34. The Morgan fingerprint density at radius 1 is 0.895 bits per heavy atom. The highest BCUT2D eigenvalue weighted by Gasteiger charge is 2.13. The summed E-state index contributed by atoms with van der Waals surface area (Å²) in [5, 5.41) is 0. The van der Waals surface area contributed by atoms with E-state index in [1.807, 2.05) is 18.2 Å². The molecular weight excluding hydrogens is 236 g/mol. The maximum Gasteiger partial charge on any atom is 0.163 e. The van der Waals surface area contributed by atoms with Crippen LogP contribution < -0.4 is 9.47 Å². The van der Waals surface area contributed by atoms with Crippen LogP contribution in [-0.2, 0) is 6.42 Å². The molecule has 0 saturated carbocycles. The van der Waals surface area contributed by atoms with Crippen LogP contribution in [0.5, 0.6) is 11.5 Å². The third-order valence-corrected chi connectivity index (χ3v) is 3.38. The van der Waals surface area contributed by atoms with E-state index >= 15 is 0 Å². The van der Waals surface area contributed by atoms with Gasteiger partial charge in [0.1, 0.15) is 0 Å². The Balaban J connectivity index is 2.24. The van der Waals surface area contributed by atoms with Gasteiger partial charge < -0.3 is 9.47 Å².